The lowest BCUT2D eigenvalue weighted by molar-refractivity contribution is 1.05. The van der Waals surface area contributed by atoms with Gasteiger partial charge in [-0.2, -0.15) is 0 Å². The van der Waals surface area contributed by atoms with E-state index in [1.165, 1.54) is 65.0 Å². The maximum atomic E-state index is 5.07. The van der Waals surface area contributed by atoms with Crippen molar-refractivity contribution in [2.24, 2.45) is 0 Å². The molecule has 0 aliphatic heterocycles. The summed E-state index contributed by atoms with van der Waals surface area (Å²) < 4.78 is 4.87. The fourth-order valence-electron chi connectivity index (χ4n) is 9.24. The molecule has 0 fully saturated rings. The van der Waals surface area contributed by atoms with Gasteiger partial charge in [0.15, 0.2) is 17.5 Å². The molecule has 0 saturated carbocycles. The van der Waals surface area contributed by atoms with Crippen molar-refractivity contribution in [1.82, 2.24) is 28.9 Å². The molecule has 0 aliphatic rings. The second kappa shape index (κ2) is 10.9. The molecule has 258 valence electrons. The summed E-state index contributed by atoms with van der Waals surface area (Å²) in [7, 11) is 0. The standard InChI is InChI=1S/C50H28N6/c1-2-10-32(11-3-1)48-52-49(34-18-17-29-9-4-5-12-33(29)27-34)54-50(53-48)38-24-22-35(28-51-38)55-41-25-20-30-13-8-16-40-43(30)45(41)46-42(55)26-21-31-19-23-37-36-14-6-7-15-39(36)56(40)47(37)44(31)46/h1-28H. The van der Waals surface area contributed by atoms with Crippen LogP contribution in [0.3, 0.4) is 0 Å². The van der Waals surface area contributed by atoms with Crippen LogP contribution in [0.2, 0.25) is 0 Å². The van der Waals surface area contributed by atoms with Gasteiger partial charge in [-0.3, -0.25) is 4.98 Å². The molecule has 6 nitrogen and oxygen atoms in total. The zero-order valence-corrected chi connectivity index (χ0v) is 29.8. The van der Waals surface area contributed by atoms with E-state index in [0.717, 1.165) is 33.2 Å². The largest absolute Gasteiger partial charge is 0.308 e. The van der Waals surface area contributed by atoms with E-state index in [-0.39, 0.29) is 0 Å². The Bertz CT molecular complexity index is 3690. The Morgan fingerprint density at radius 2 is 1.04 bits per heavy atom. The van der Waals surface area contributed by atoms with Gasteiger partial charge in [0.2, 0.25) is 0 Å². The van der Waals surface area contributed by atoms with Crippen LogP contribution in [0.25, 0.3) is 121 Å². The molecule has 0 bridgehead atoms. The molecule has 0 saturated heterocycles. The molecule has 0 spiro atoms. The number of benzene rings is 8. The predicted octanol–water partition coefficient (Wildman–Crippen LogP) is 12.3. The van der Waals surface area contributed by atoms with Gasteiger partial charge < -0.3 is 8.97 Å². The summed E-state index contributed by atoms with van der Waals surface area (Å²) in [4.78, 5) is 20.0. The Balaban J connectivity index is 1.04. The first-order valence-corrected chi connectivity index (χ1v) is 18.9. The third-order valence-corrected chi connectivity index (χ3v) is 11.7. The summed E-state index contributed by atoms with van der Waals surface area (Å²) in [6.07, 6.45) is 1.96. The molecule has 6 heteroatoms. The second-order valence-corrected chi connectivity index (χ2v) is 14.7. The molecular formula is C50H28N6. The molecule has 13 rings (SSSR count). The number of pyridine rings is 1. The smallest absolute Gasteiger partial charge is 0.182 e. The van der Waals surface area contributed by atoms with Crippen molar-refractivity contribution in [2.45, 2.75) is 0 Å². The van der Waals surface area contributed by atoms with Gasteiger partial charge in [0, 0.05) is 43.4 Å². The average molecular weight is 713 g/mol. The minimum Gasteiger partial charge on any atom is -0.308 e. The molecule has 0 N–H and O–H groups in total. The summed E-state index contributed by atoms with van der Waals surface area (Å²) in [5.41, 5.74) is 9.52. The van der Waals surface area contributed by atoms with Gasteiger partial charge in [-0.05, 0) is 64.0 Å². The molecule has 0 aliphatic carbocycles. The van der Waals surface area contributed by atoms with Crippen LogP contribution in [0.5, 0.6) is 0 Å². The molecular weight excluding hydrogens is 685 g/mol. The molecule has 56 heavy (non-hydrogen) atoms. The van der Waals surface area contributed by atoms with E-state index in [0.29, 0.717) is 23.2 Å². The molecule has 5 aromatic heterocycles. The maximum Gasteiger partial charge on any atom is 0.182 e. The maximum absolute atomic E-state index is 5.07. The van der Waals surface area contributed by atoms with Crippen LogP contribution in [-0.2, 0) is 0 Å². The van der Waals surface area contributed by atoms with Crippen molar-refractivity contribution < 1.29 is 0 Å². The fraction of sp³-hybridized carbons (Fsp3) is 0. The third kappa shape index (κ3) is 3.99. The second-order valence-electron chi connectivity index (χ2n) is 14.7. The van der Waals surface area contributed by atoms with E-state index in [2.05, 4.69) is 136 Å². The van der Waals surface area contributed by atoms with Crippen molar-refractivity contribution in [3.05, 3.63) is 170 Å². The minimum atomic E-state index is 0.530. The van der Waals surface area contributed by atoms with Gasteiger partial charge >= 0.3 is 0 Å². The SMILES string of the molecule is c1ccc(-c2nc(-c3ccc4ccccc4c3)nc(-c3ccc(-n4c5ccc6cccc7c6c5c5c6c(ccc8c9ccccc9n7c86)ccc54)cn3)n2)cc1. The van der Waals surface area contributed by atoms with Crippen LogP contribution < -0.4 is 0 Å². The number of hydrogen-bond acceptors (Lipinski definition) is 4. The zero-order valence-electron chi connectivity index (χ0n) is 29.8. The van der Waals surface area contributed by atoms with E-state index >= 15 is 0 Å². The summed E-state index contributed by atoms with van der Waals surface area (Å²) in [5.74, 6) is 1.75. The van der Waals surface area contributed by atoms with Gasteiger partial charge in [0.05, 0.1) is 39.5 Å². The highest BCUT2D eigenvalue weighted by Crippen LogP contribution is 2.47. The topological polar surface area (TPSA) is 60.9 Å². The normalized spacial score (nSPS) is 12.3. The van der Waals surface area contributed by atoms with E-state index < -0.39 is 0 Å². The van der Waals surface area contributed by atoms with E-state index in [4.69, 9.17) is 19.9 Å². The highest BCUT2D eigenvalue weighted by atomic mass is 15.1. The quantitative estimate of drug-likeness (QED) is 0.182. The first kappa shape index (κ1) is 29.7. The van der Waals surface area contributed by atoms with Crippen molar-refractivity contribution in [3.63, 3.8) is 0 Å². The van der Waals surface area contributed by atoms with Crippen LogP contribution in [0, 0.1) is 0 Å². The van der Waals surface area contributed by atoms with Crippen molar-refractivity contribution in [3.8, 4) is 40.0 Å². The Morgan fingerprint density at radius 1 is 0.375 bits per heavy atom. The lowest BCUT2D eigenvalue weighted by Crippen LogP contribution is -2.02. The summed E-state index contributed by atoms with van der Waals surface area (Å²) in [5, 5.41) is 12.4. The van der Waals surface area contributed by atoms with Crippen molar-refractivity contribution >= 4 is 81.4 Å². The monoisotopic (exact) mass is 712 g/mol. The lowest BCUT2D eigenvalue weighted by atomic mass is 9.98. The Labute approximate surface area is 319 Å². The molecule has 13 aromatic rings. The Hall–Kier alpha value is -7.70. The highest BCUT2D eigenvalue weighted by Gasteiger charge is 2.24. The molecule has 8 aromatic carbocycles. The van der Waals surface area contributed by atoms with Gasteiger partial charge in [0.1, 0.15) is 5.69 Å². The van der Waals surface area contributed by atoms with Crippen molar-refractivity contribution in [2.75, 3.05) is 0 Å². The van der Waals surface area contributed by atoms with Crippen molar-refractivity contribution in [1.29, 1.82) is 0 Å². The van der Waals surface area contributed by atoms with Gasteiger partial charge in [-0.15, -0.1) is 0 Å². The molecule has 0 atom stereocenters. The molecule has 0 unspecified atom stereocenters. The summed E-state index contributed by atoms with van der Waals surface area (Å²) >= 11 is 0. The minimum absolute atomic E-state index is 0.530. The van der Waals surface area contributed by atoms with Crippen LogP contribution >= 0.6 is 0 Å². The number of rotatable bonds is 4. The van der Waals surface area contributed by atoms with Crippen LogP contribution in [0.1, 0.15) is 0 Å². The number of para-hydroxylation sites is 1. The highest BCUT2D eigenvalue weighted by molar-refractivity contribution is 6.37. The average Bonchev–Trinajstić information content (AvgIpc) is 3.75. The first-order chi connectivity index (χ1) is 27.8. The van der Waals surface area contributed by atoms with Gasteiger partial charge in [0.25, 0.3) is 0 Å². The molecule has 5 heterocycles. The molecule has 0 amide bonds. The van der Waals surface area contributed by atoms with E-state index in [1.807, 2.05) is 42.6 Å². The summed E-state index contributed by atoms with van der Waals surface area (Å²) in [6, 6.07) is 58.1. The fourth-order valence-corrected chi connectivity index (χ4v) is 9.24. The van der Waals surface area contributed by atoms with E-state index in [9.17, 15) is 0 Å². The van der Waals surface area contributed by atoms with Gasteiger partial charge in [-0.1, -0.05) is 121 Å². The van der Waals surface area contributed by atoms with Crippen LogP contribution in [0.4, 0.5) is 0 Å². The third-order valence-electron chi connectivity index (χ3n) is 11.7. The van der Waals surface area contributed by atoms with Crippen LogP contribution in [-0.4, -0.2) is 28.9 Å². The first-order valence-electron chi connectivity index (χ1n) is 18.9. The van der Waals surface area contributed by atoms with Gasteiger partial charge in [-0.25, -0.2) is 15.0 Å². The predicted molar refractivity (Wildman–Crippen MR) is 229 cm³/mol. The zero-order chi connectivity index (χ0) is 36.5. The van der Waals surface area contributed by atoms with Crippen LogP contribution in [0.15, 0.2) is 170 Å². The summed E-state index contributed by atoms with van der Waals surface area (Å²) in [6.45, 7) is 0. The Morgan fingerprint density at radius 3 is 1.88 bits per heavy atom. The number of nitrogens with zero attached hydrogens (tertiary/aromatic N) is 6. The molecule has 0 radical (unpaired) electrons. The number of fused-ring (bicyclic) bond motifs is 5. The Kier molecular flexibility index (Phi) is 5.80. The van der Waals surface area contributed by atoms with E-state index in [1.54, 1.807) is 0 Å². The lowest BCUT2D eigenvalue weighted by Gasteiger charge is -2.11. The number of hydrogen-bond donors (Lipinski definition) is 0. The number of aromatic nitrogens is 6.